The first kappa shape index (κ1) is 30.2. The predicted octanol–water partition coefficient (Wildman–Crippen LogP) is 0.200. The molecule has 4 unspecified atom stereocenters. The molecule has 11 heteroatoms. The van der Waals surface area contributed by atoms with Crippen LogP contribution in [0, 0.1) is 17.8 Å². The van der Waals surface area contributed by atoms with Gasteiger partial charge in [-0.25, -0.2) is 0 Å². The molecule has 0 saturated heterocycles. The Balaban J connectivity index is 0.00000900. The first-order valence-corrected chi connectivity index (χ1v) is 11.2. The van der Waals surface area contributed by atoms with Gasteiger partial charge in [-0.1, -0.05) is 51.1 Å². The quantitative estimate of drug-likeness (QED) is 0.145. The third-order valence-electron chi connectivity index (χ3n) is 4.76. The molecule has 172 valence electrons. The molecule has 0 saturated carbocycles. The molecule has 0 aromatic heterocycles. The normalized spacial score (nSPS) is 16.5. The van der Waals surface area contributed by atoms with Crippen molar-refractivity contribution in [3.05, 3.63) is 35.9 Å². The third kappa shape index (κ3) is 10.1. The van der Waals surface area contributed by atoms with Gasteiger partial charge in [0.2, 0.25) is 0 Å². The van der Waals surface area contributed by atoms with Gasteiger partial charge in [0, 0.05) is 6.04 Å². The fraction of sp³-hybridized carbons (Fsp3) is 0.600. The summed E-state index contributed by atoms with van der Waals surface area (Å²) in [4.78, 5) is 25.7. The number of ketones is 1. The van der Waals surface area contributed by atoms with E-state index in [9.17, 15) is 23.1 Å². The fourth-order valence-corrected chi connectivity index (χ4v) is 3.76. The average Bonchev–Trinajstić information content (AvgIpc) is 2.65. The molecular formula is C20H33N2NaO7S. The number of Topliss-reactive ketones (excluding diaryl/α,β-unsaturated/α-hetero) is 1. The first-order valence-electron chi connectivity index (χ1n) is 9.74. The van der Waals surface area contributed by atoms with Gasteiger partial charge in [-0.15, -0.1) is 0 Å². The van der Waals surface area contributed by atoms with Crippen LogP contribution in [0.1, 0.15) is 39.2 Å². The number of nitrogens with two attached hydrogens (primary N) is 2. The number of carbonyl (C=O) groups is 2. The number of esters is 1. The molecule has 0 radical (unpaired) electrons. The predicted molar refractivity (Wildman–Crippen MR) is 119 cm³/mol. The minimum atomic E-state index is -4.79. The Labute approximate surface area is 205 Å². The topological polar surface area (TPSA) is 170 Å². The van der Waals surface area contributed by atoms with E-state index < -0.39 is 51.2 Å². The Bertz CT molecular complexity index is 805. The summed E-state index contributed by atoms with van der Waals surface area (Å²) < 4.78 is 36.6. The molecule has 0 fully saturated rings. The molecule has 0 aliphatic carbocycles. The summed E-state index contributed by atoms with van der Waals surface area (Å²) in [6, 6.07) is 6.57. The minimum absolute atomic E-state index is 0. The standard InChI is InChI=1S/C20H32N2O7S.Na.H/c1-12(2)9-15(21)18(23)17(13(3)10-16(22)20(25)30(26,27)28)19(24)29-11-14-7-5-4-6-8-14;;/h4-8,12-13,15-17,20,25H,9-11,21-22H2,1-3H3,(H,26,27,28);;/t13?,15-,16?,17?,20?;;/m1../s1. The van der Waals surface area contributed by atoms with Crippen LogP contribution in [0.15, 0.2) is 30.3 Å². The Hall–Kier alpha value is -0.850. The van der Waals surface area contributed by atoms with E-state index in [1.165, 1.54) is 6.92 Å². The Morgan fingerprint density at radius 3 is 2.10 bits per heavy atom. The van der Waals surface area contributed by atoms with Gasteiger partial charge in [-0.2, -0.15) is 8.42 Å². The first-order chi connectivity index (χ1) is 13.8. The number of rotatable bonds is 12. The fourth-order valence-electron chi connectivity index (χ4n) is 3.20. The van der Waals surface area contributed by atoms with Crippen LogP contribution >= 0.6 is 0 Å². The van der Waals surface area contributed by atoms with E-state index in [4.69, 9.17) is 20.8 Å². The third-order valence-corrected chi connectivity index (χ3v) is 5.72. The van der Waals surface area contributed by atoms with Crippen molar-refractivity contribution in [3.63, 3.8) is 0 Å². The molecule has 1 aromatic carbocycles. The number of ether oxygens (including phenoxy) is 1. The van der Waals surface area contributed by atoms with E-state index in [1.807, 2.05) is 19.9 Å². The van der Waals surface area contributed by atoms with E-state index >= 15 is 0 Å². The summed E-state index contributed by atoms with van der Waals surface area (Å²) in [5.41, 5.74) is 10.2. The molecule has 5 atom stereocenters. The molecule has 0 bridgehead atoms. The van der Waals surface area contributed by atoms with Crippen LogP contribution in [0.4, 0.5) is 0 Å². The molecule has 1 rings (SSSR count). The Morgan fingerprint density at radius 2 is 1.61 bits per heavy atom. The van der Waals surface area contributed by atoms with Crippen LogP contribution < -0.4 is 11.5 Å². The second-order valence-electron chi connectivity index (χ2n) is 7.99. The van der Waals surface area contributed by atoms with Gasteiger partial charge < -0.3 is 21.3 Å². The molecule has 0 aliphatic rings. The van der Waals surface area contributed by atoms with Gasteiger partial charge in [0.15, 0.2) is 11.2 Å². The molecule has 6 N–H and O–H groups in total. The second kappa shape index (κ2) is 13.6. The van der Waals surface area contributed by atoms with Crippen molar-refractivity contribution in [1.82, 2.24) is 0 Å². The Kier molecular flexibility index (Phi) is 13.3. The van der Waals surface area contributed by atoms with Crippen LogP contribution in [0.2, 0.25) is 0 Å². The van der Waals surface area contributed by atoms with Gasteiger partial charge in [0.25, 0.3) is 10.1 Å². The zero-order valence-electron chi connectivity index (χ0n) is 17.5. The van der Waals surface area contributed by atoms with Gasteiger partial charge in [0.1, 0.15) is 12.5 Å². The number of hydrogen-bond acceptors (Lipinski definition) is 8. The van der Waals surface area contributed by atoms with Crippen molar-refractivity contribution in [2.45, 2.75) is 57.7 Å². The van der Waals surface area contributed by atoms with Gasteiger partial charge in [-0.05, 0) is 30.2 Å². The van der Waals surface area contributed by atoms with E-state index in [1.54, 1.807) is 24.3 Å². The van der Waals surface area contributed by atoms with Crippen molar-refractivity contribution < 1.29 is 32.4 Å². The summed E-state index contributed by atoms with van der Waals surface area (Å²) >= 11 is 0. The molecule has 31 heavy (non-hydrogen) atoms. The van der Waals surface area contributed by atoms with E-state index in [0.29, 0.717) is 6.42 Å². The molecule has 0 spiro atoms. The van der Waals surface area contributed by atoms with Crippen LogP contribution in [-0.4, -0.2) is 76.9 Å². The summed E-state index contributed by atoms with van der Waals surface area (Å²) in [5, 5.41) is 9.65. The maximum absolute atomic E-state index is 12.9. The zero-order chi connectivity index (χ0) is 23.1. The summed E-state index contributed by atoms with van der Waals surface area (Å²) in [6.07, 6.45) is 0.125. The van der Waals surface area contributed by atoms with Gasteiger partial charge in [0.05, 0.1) is 6.04 Å². The van der Waals surface area contributed by atoms with E-state index in [-0.39, 0.29) is 48.5 Å². The summed E-state index contributed by atoms with van der Waals surface area (Å²) in [5.74, 6) is -3.30. The van der Waals surface area contributed by atoms with Crippen LogP contribution in [0.3, 0.4) is 0 Å². The summed E-state index contributed by atoms with van der Waals surface area (Å²) in [7, 11) is -4.79. The maximum atomic E-state index is 12.9. The van der Waals surface area contributed by atoms with Crippen LogP contribution in [-0.2, 0) is 31.1 Å². The van der Waals surface area contributed by atoms with E-state index in [0.717, 1.165) is 5.56 Å². The molecule has 0 heterocycles. The van der Waals surface area contributed by atoms with Crippen LogP contribution in [0.25, 0.3) is 0 Å². The average molecular weight is 469 g/mol. The van der Waals surface area contributed by atoms with E-state index in [2.05, 4.69) is 0 Å². The number of carbonyl (C=O) groups excluding carboxylic acids is 2. The number of hydrogen-bond donors (Lipinski definition) is 4. The number of benzene rings is 1. The molecule has 9 nitrogen and oxygen atoms in total. The SMILES string of the molecule is CC(C)C[C@@H](N)C(=O)C(C(=O)OCc1ccccc1)C(C)CC(N)C(O)S(=O)(=O)O.[NaH]. The monoisotopic (exact) mass is 468 g/mol. The van der Waals surface area contributed by atoms with Crippen molar-refractivity contribution in [1.29, 1.82) is 0 Å². The molecule has 0 amide bonds. The molecular weight excluding hydrogens is 435 g/mol. The second-order valence-corrected chi connectivity index (χ2v) is 9.50. The van der Waals surface area contributed by atoms with Crippen molar-refractivity contribution in [2.75, 3.05) is 0 Å². The van der Waals surface area contributed by atoms with Gasteiger partial charge >= 0.3 is 35.5 Å². The van der Waals surface area contributed by atoms with Gasteiger partial charge in [-0.3, -0.25) is 14.1 Å². The van der Waals surface area contributed by atoms with Crippen molar-refractivity contribution in [2.24, 2.45) is 29.2 Å². The van der Waals surface area contributed by atoms with Crippen molar-refractivity contribution in [3.8, 4) is 0 Å². The molecule has 0 aliphatic heterocycles. The summed E-state index contributed by atoms with van der Waals surface area (Å²) in [6.45, 7) is 5.25. The van der Waals surface area contributed by atoms with Crippen molar-refractivity contribution >= 4 is 51.4 Å². The zero-order valence-corrected chi connectivity index (χ0v) is 18.3. The Morgan fingerprint density at radius 1 is 1.06 bits per heavy atom. The molecule has 1 aromatic rings. The number of aliphatic hydroxyl groups is 1. The number of aliphatic hydroxyl groups excluding tert-OH is 1. The van der Waals surface area contributed by atoms with Crippen LogP contribution in [0.5, 0.6) is 0 Å².